The van der Waals surface area contributed by atoms with Gasteiger partial charge in [-0.15, -0.1) is 0 Å². The maximum Gasteiger partial charge on any atom is 0.419 e. The zero-order valence-corrected chi connectivity index (χ0v) is 19.7. The van der Waals surface area contributed by atoms with Crippen LogP contribution < -0.4 is 23.8 Å². The van der Waals surface area contributed by atoms with Gasteiger partial charge < -0.3 is 24.2 Å². The van der Waals surface area contributed by atoms with Crippen LogP contribution in [0.25, 0.3) is 10.9 Å². The minimum Gasteiger partial charge on any atom is -0.493 e. The Morgan fingerprint density at radius 1 is 1.27 bits per heavy atom. The number of aromatic nitrogens is 1. The van der Waals surface area contributed by atoms with Crippen molar-refractivity contribution in [1.29, 1.82) is 0 Å². The van der Waals surface area contributed by atoms with Crippen molar-refractivity contribution >= 4 is 32.9 Å². The van der Waals surface area contributed by atoms with Gasteiger partial charge in [-0.2, -0.15) is 13.1 Å². The first kappa shape index (κ1) is 24.8. The van der Waals surface area contributed by atoms with Crippen molar-refractivity contribution in [1.82, 2.24) is 14.4 Å². The molecule has 2 aromatic rings. The summed E-state index contributed by atoms with van der Waals surface area (Å²) in [5, 5.41) is 9.55. The molecule has 1 fully saturated rings. The second-order valence-electron chi connectivity index (χ2n) is 7.96. The number of pyridine rings is 1. The fourth-order valence-electron chi connectivity index (χ4n) is 4.08. The Bertz CT molecular complexity index is 1070. The lowest BCUT2D eigenvalue weighted by Gasteiger charge is -2.36. The van der Waals surface area contributed by atoms with Gasteiger partial charge in [0.2, 0.25) is 0 Å². The van der Waals surface area contributed by atoms with E-state index in [0.717, 1.165) is 42.5 Å². The second-order valence-corrected chi connectivity index (χ2v) is 9.46. The second kappa shape index (κ2) is 10.9. The highest BCUT2D eigenvalue weighted by atomic mass is 32.2. The molecule has 1 aliphatic heterocycles. The van der Waals surface area contributed by atoms with E-state index in [1.807, 2.05) is 25.1 Å². The van der Waals surface area contributed by atoms with Crippen LogP contribution in [-0.2, 0) is 14.9 Å². The van der Waals surface area contributed by atoms with Crippen LogP contribution in [0.3, 0.4) is 0 Å². The molecule has 1 saturated heterocycles. The third kappa shape index (κ3) is 6.36. The molecular formula is C21H30N4O7S. The van der Waals surface area contributed by atoms with Crippen LogP contribution >= 0.6 is 0 Å². The van der Waals surface area contributed by atoms with Crippen LogP contribution in [0, 0.1) is 11.8 Å². The van der Waals surface area contributed by atoms with E-state index in [1.165, 1.54) is 4.72 Å². The van der Waals surface area contributed by atoms with Gasteiger partial charge in [-0.1, -0.05) is 6.92 Å². The summed E-state index contributed by atoms with van der Waals surface area (Å²) in [5.41, 5.74) is 1.84. The monoisotopic (exact) mass is 482 g/mol. The number of fused-ring (bicyclic) bond motifs is 1. The van der Waals surface area contributed by atoms with E-state index in [-0.39, 0.29) is 19.3 Å². The van der Waals surface area contributed by atoms with Crippen molar-refractivity contribution in [2.45, 2.75) is 19.8 Å². The molecular weight excluding hydrogens is 452 g/mol. The van der Waals surface area contributed by atoms with Crippen LogP contribution in [0.5, 0.6) is 11.5 Å². The molecule has 1 aromatic carbocycles. The summed E-state index contributed by atoms with van der Waals surface area (Å²) in [6.45, 7) is 3.85. The summed E-state index contributed by atoms with van der Waals surface area (Å²) in [6.07, 6.45) is 1.91. The first-order chi connectivity index (χ1) is 15.7. The van der Waals surface area contributed by atoms with E-state index in [2.05, 4.69) is 14.6 Å². The highest BCUT2D eigenvalue weighted by Gasteiger charge is 2.26. The molecule has 2 heterocycles. The number of ether oxygens (including phenoxy) is 3. The largest absolute Gasteiger partial charge is 0.493 e. The molecule has 1 aromatic heterocycles. The Morgan fingerprint density at radius 3 is 2.64 bits per heavy atom. The van der Waals surface area contributed by atoms with E-state index in [0.29, 0.717) is 17.4 Å². The predicted octanol–water partition coefficient (Wildman–Crippen LogP) is 2.18. The molecule has 3 N–H and O–H groups in total. The number of nitrogens with one attached hydrogen (secondary N) is 2. The average Bonchev–Trinajstić information content (AvgIpc) is 2.79. The van der Waals surface area contributed by atoms with Crippen molar-refractivity contribution in [3.05, 3.63) is 24.4 Å². The maximum atomic E-state index is 11.7. The van der Waals surface area contributed by atoms with Crippen molar-refractivity contribution in [3.63, 3.8) is 0 Å². The van der Waals surface area contributed by atoms with Crippen LogP contribution in [0.2, 0.25) is 0 Å². The standard InChI is InChI=1S/C21H30N4O7S/c1-14(12-23-33(28,29)24-21(26)27)15-5-8-25(9-6-15)18-4-7-22-17-11-19(31-3)20(10-16(17)18)32-13-30-2/h4,7,10-11,14-15,23-24H,5-6,8-9,12-13H2,1-3H3,(H,26,27). The lowest BCUT2D eigenvalue weighted by Crippen LogP contribution is -2.43. The van der Waals surface area contributed by atoms with Gasteiger partial charge in [-0.3, -0.25) is 4.98 Å². The topological polar surface area (TPSA) is 139 Å². The number of hydrogen-bond acceptors (Lipinski definition) is 8. The summed E-state index contributed by atoms with van der Waals surface area (Å²) in [6, 6.07) is 5.73. The number of carboxylic acid groups (broad SMARTS) is 1. The minimum atomic E-state index is -4.06. The number of rotatable bonds is 10. The molecule has 182 valence electrons. The van der Waals surface area contributed by atoms with Crippen molar-refractivity contribution in [3.8, 4) is 11.5 Å². The summed E-state index contributed by atoms with van der Waals surface area (Å²) in [5.74, 6) is 1.52. The highest BCUT2D eigenvalue weighted by Crippen LogP contribution is 2.37. The molecule has 0 aliphatic carbocycles. The molecule has 1 unspecified atom stereocenters. The fourth-order valence-corrected chi connectivity index (χ4v) is 4.86. The maximum absolute atomic E-state index is 11.7. The van der Waals surface area contributed by atoms with Gasteiger partial charge in [0.15, 0.2) is 18.3 Å². The van der Waals surface area contributed by atoms with Crippen LogP contribution in [0.4, 0.5) is 10.5 Å². The van der Waals surface area contributed by atoms with Crippen LogP contribution in [-0.4, -0.2) is 65.2 Å². The van der Waals surface area contributed by atoms with Gasteiger partial charge in [0.05, 0.1) is 12.6 Å². The first-order valence-electron chi connectivity index (χ1n) is 10.6. The number of hydrogen-bond donors (Lipinski definition) is 3. The number of anilines is 1. The number of benzene rings is 1. The normalized spacial score (nSPS) is 15.9. The van der Waals surface area contributed by atoms with Crippen LogP contribution in [0.1, 0.15) is 19.8 Å². The van der Waals surface area contributed by atoms with Gasteiger partial charge in [0.25, 0.3) is 0 Å². The summed E-state index contributed by atoms with van der Waals surface area (Å²) >= 11 is 0. The molecule has 11 nitrogen and oxygen atoms in total. The quantitative estimate of drug-likeness (QED) is 0.435. The molecule has 0 spiro atoms. The SMILES string of the molecule is COCOc1cc2c(N3CCC(C(C)CNS(=O)(=O)NC(=O)O)CC3)ccnc2cc1OC. The molecule has 0 radical (unpaired) electrons. The first-order valence-corrected chi connectivity index (χ1v) is 12.1. The molecule has 0 bridgehead atoms. The van der Waals surface area contributed by atoms with E-state index >= 15 is 0 Å². The summed E-state index contributed by atoms with van der Waals surface area (Å²) in [4.78, 5) is 17.3. The van der Waals surface area contributed by atoms with E-state index in [1.54, 1.807) is 20.4 Å². The van der Waals surface area contributed by atoms with Crippen molar-refractivity contribution < 1.29 is 32.5 Å². The molecule has 1 aliphatic rings. The number of amides is 1. The lowest BCUT2D eigenvalue weighted by molar-refractivity contribution is 0.0493. The van der Waals surface area contributed by atoms with E-state index in [4.69, 9.17) is 19.3 Å². The van der Waals surface area contributed by atoms with Gasteiger partial charge >= 0.3 is 16.3 Å². The average molecular weight is 483 g/mol. The molecule has 33 heavy (non-hydrogen) atoms. The Balaban J connectivity index is 1.68. The van der Waals surface area contributed by atoms with E-state index < -0.39 is 16.3 Å². The van der Waals surface area contributed by atoms with Gasteiger partial charge in [0, 0.05) is 50.1 Å². The van der Waals surface area contributed by atoms with Gasteiger partial charge in [-0.05, 0) is 36.8 Å². The van der Waals surface area contributed by atoms with Crippen LogP contribution in [0.15, 0.2) is 24.4 Å². The fraction of sp³-hybridized carbons (Fsp3) is 0.524. The number of carbonyl (C=O) groups is 1. The minimum absolute atomic E-state index is 0.0602. The number of piperidine rings is 1. The molecule has 12 heteroatoms. The third-order valence-corrected chi connectivity index (χ3v) is 6.83. The van der Waals surface area contributed by atoms with Gasteiger partial charge in [-0.25, -0.2) is 9.52 Å². The Hall–Kier alpha value is -2.83. The van der Waals surface area contributed by atoms with Gasteiger partial charge in [0.1, 0.15) is 0 Å². The third-order valence-electron chi connectivity index (χ3n) is 5.84. The molecule has 3 rings (SSSR count). The summed E-state index contributed by atoms with van der Waals surface area (Å²) < 4.78 is 43.3. The highest BCUT2D eigenvalue weighted by molar-refractivity contribution is 7.88. The molecule has 1 amide bonds. The van der Waals surface area contributed by atoms with Crippen molar-refractivity contribution in [2.75, 3.05) is 45.5 Å². The number of nitrogens with zero attached hydrogens (tertiary/aromatic N) is 2. The smallest absolute Gasteiger partial charge is 0.419 e. The summed E-state index contributed by atoms with van der Waals surface area (Å²) in [7, 11) is -0.925. The zero-order valence-electron chi connectivity index (χ0n) is 18.9. The number of methoxy groups -OCH3 is 2. The molecule has 0 saturated carbocycles. The van der Waals surface area contributed by atoms with Crippen molar-refractivity contribution in [2.24, 2.45) is 11.8 Å². The van der Waals surface area contributed by atoms with E-state index in [9.17, 15) is 13.2 Å². The predicted molar refractivity (Wildman–Crippen MR) is 123 cm³/mol. The zero-order chi connectivity index (χ0) is 24.0. The Kier molecular flexibility index (Phi) is 8.16. The lowest BCUT2D eigenvalue weighted by atomic mass is 9.85. The molecule has 1 atom stereocenters. The Morgan fingerprint density at radius 2 is 2.00 bits per heavy atom. The Labute approximate surface area is 193 Å².